The van der Waals surface area contributed by atoms with Gasteiger partial charge in [-0.1, -0.05) is 0 Å². The Balaban J connectivity index is -0.000000720. The molecule has 0 aromatic carbocycles. The molecule has 0 aliphatic carbocycles. The van der Waals surface area contributed by atoms with Crippen molar-refractivity contribution in [2.45, 2.75) is 18.4 Å². The molecule has 0 aromatic rings. The third-order valence-electron chi connectivity index (χ3n) is 1.25. The predicted molar refractivity (Wildman–Crippen MR) is 29.2 cm³/mol. The minimum absolute atomic E-state index is 0. The second-order valence-corrected chi connectivity index (χ2v) is 2.42. The van der Waals surface area contributed by atoms with E-state index in [0.717, 1.165) is 0 Å². The van der Waals surface area contributed by atoms with Gasteiger partial charge in [0.2, 0.25) is 0 Å². The summed E-state index contributed by atoms with van der Waals surface area (Å²) in [5.41, 5.74) is -2.97. The molecule has 0 saturated heterocycles. The molecule has 0 unspecified atom stereocenters. The van der Waals surface area contributed by atoms with Gasteiger partial charge in [0.15, 0.2) is 0 Å². The van der Waals surface area contributed by atoms with E-state index >= 15 is 0 Å². The summed E-state index contributed by atoms with van der Waals surface area (Å²) in [7, 11) is 0. The molecule has 9 heteroatoms. The molecule has 0 fully saturated rings. The Morgan fingerprint density at radius 1 is 1.00 bits per heavy atom. The number of aliphatic hydroxyl groups is 1. The summed E-state index contributed by atoms with van der Waals surface area (Å²) in [6, 6.07) is 0. The Kier molecular flexibility index (Phi) is 11.0. The van der Waals surface area contributed by atoms with Crippen molar-refractivity contribution in [3.05, 3.63) is 0 Å². The molecule has 0 spiro atoms. The predicted octanol–water partition coefficient (Wildman–Crippen LogP) is -8.25. The molecule has 7 nitrogen and oxygen atoms in total. The van der Waals surface area contributed by atoms with Gasteiger partial charge < -0.3 is 34.8 Å². The van der Waals surface area contributed by atoms with Gasteiger partial charge in [-0.05, 0) is 0 Å². The van der Waals surface area contributed by atoms with Crippen LogP contribution in [0.2, 0.25) is 0 Å². The number of aliphatic carboxylic acids is 3. The molecule has 0 saturated carbocycles. The van der Waals surface area contributed by atoms with E-state index in [1.165, 1.54) is 0 Å². The molecule has 1 N–H and O–H groups in total. The molecule has 0 heterocycles. The molecule has 79 valence electrons. The quantitative estimate of drug-likeness (QED) is 0.488. The third kappa shape index (κ3) is 7.78. The van der Waals surface area contributed by atoms with Gasteiger partial charge in [0.05, 0.1) is 5.97 Å². The topological polar surface area (TPSA) is 141 Å². The normalized spacial score (nSPS) is 9.40. The number of hydrogen-bond acceptors (Lipinski definition) is 7. The SMILES string of the molecule is O=C([O-])CC(O)(CC(=O)[O-])C(=O)[O-].[Fe+3].[Na+]. The summed E-state index contributed by atoms with van der Waals surface area (Å²) in [4.78, 5) is 30.0. The van der Waals surface area contributed by atoms with Crippen LogP contribution in [0.4, 0.5) is 0 Å². The van der Waals surface area contributed by atoms with E-state index in [1.807, 2.05) is 0 Å². The maximum absolute atomic E-state index is 10.1. The first kappa shape index (κ1) is 20.3. The van der Waals surface area contributed by atoms with Crippen molar-refractivity contribution < 1.29 is 81.4 Å². The maximum atomic E-state index is 10.1. The van der Waals surface area contributed by atoms with Crippen molar-refractivity contribution in [2.75, 3.05) is 0 Å². The van der Waals surface area contributed by atoms with Crippen molar-refractivity contribution in [3.8, 4) is 0 Å². The standard InChI is InChI=1S/C6H8O7.Fe.Na/c7-3(8)1-6(13,5(11)12)2-4(9)10;;/h13H,1-2H2,(H,7,8)(H,9,10)(H,11,12);;/q;+3;+1/p-3. The van der Waals surface area contributed by atoms with Gasteiger partial charge in [0.25, 0.3) is 0 Å². The minimum Gasteiger partial charge on any atom is -0.550 e. The van der Waals surface area contributed by atoms with Crippen LogP contribution in [0.1, 0.15) is 12.8 Å². The average Bonchev–Trinajstić information content (AvgIpc) is 1.82. The maximum Gasteiger partial charge on any atom is 3.00 e. The van der Waals surface area contributed by atoms with Crippen LogP contribution in [0.25, 0.3) is 0 Å². The smallest absolute Gasteiger partial charge is 0.550 e. The van der Waals surface area contributed by atoms with Gasteiger partial charge in [0, 0.05) is 24.8 Å². The number of carboxylic acids is 3. The number of carbonyl (C=O) groups is 3. The number of hydrogen-bond donors (Lipinski definition) is 1. The van der Waals surface area contributed by atoms with Gasteiger partial charge in [-0.3, -0.25) is 0 Å². The minimum atomic E-state index is -2.97. The van der Waals surface area contributed by atoms with Gasteiger partial charge in [0.1, 0.15) is 5.60 Å². The van der Waals surface area contributed by atoms with Crippen LogP contribution in [0.3, 0.4) is 0 Å². The molecule has 1 radical (unpaired) electrons. The summed E-state index contributed by atoms with van der Waals surface area (Å²) in [6.07, 6.45) is -2.72. The van der Waals surface area contributed by atoms with Crippen LogP contribution in [0, 0.1) is 0 Å². The molecule has 0 atom stereocenters. The Morgan fingerprint density at radius 2 is 1.27 bits per heavy atom. The number of rotatable bonds is 5. The van der Waals surface area contributed by atoms with E-state index in [9.17, 15) is 29.7 Å². The van der Waals surface area contributed by atoms with Gasteiger partial charge >= 0.3 is 46.6 Å². The van der Waals surface area contributed by atoms with Crippen LogP contribution in [-0.2, 0) is 31.5 Å². The molecule has 0 aromatic heterocycles. The van der Waals surface area contributed by atoms with E-state index in [4.69, 9.17) is 5.11 Å². The summed E-state index contributed by atoms with van der Waals surface area (Å²) >= 11 is 0. The Hall–Kier alpha value is -0.111. The molecule has 0 aliphatic rings. The third-order valence-corrected chi connectivity index (χ3v) is 1.25. The summed E-state index contributed by atoms with van der Waals surface area (Å²) < 4.78 is 0. The Morgan fingerprint density at radius 3 is 1.40 bits per heavy atom. The first-order valence-electron chi connectivity index (χ1n) is 3.11. The molecule has 0 amide bonds. The van der Waals surface area contributed by atoms with Crippen LogP contribution in [-0.4, -0.2) is 28.6 Å². The van der Waals surface area contributed by atoms with Gasteiger partial charge in [-0.15, -0.1) is 0 Å². The molecule has 0 bridgehead atoms. The second kappa shape index (κ2) is 8.09. The fraction of sp³-hybridized carbons (Fsp3) is 0.500. The zero-order valence-electron chi connectivity index (χ0n) is 7.66. The molecular weight excluding hydrogens is 263 g/mol. The van der Waals surface area contributed by atoms with Crippen LogP contribution < -0.4 is 44.9 Å². The zero-order valence-corrected chi connectivity index (χ0v) is 10.8. The van der Waals surface area contributed by atoms with Crippen molar-refractivity contribution in [2.24, 2.45) is 0 Å². The van der Waals surface area contributed by atoms with E-state index in [0.29, 0.717) is 0 Å². The monoisotopic (exact) mass is 268 g/mol. The Bertz CT molecular complexity index is 238. The average molecular weight is 268 g/mol. The van der Waals surface area contributed by atoms with Gasteiger partial charge in [-0.25, -0.2) is 0 Å². The van der Waals surface area contributed by atoms with Crippen molar-refractivity contribution in [1.82, 2.24) is 0 Å². The number of carbonyl (C=O) groups excluding carboxylic acids is 3. The van der Waals surface area contributed by atoms with E-state index < -0.39 is 36.4 Å². The molecule has 0 rings (SSSR count). The van der Waals surface area contributed by atoms with E-state index in [1.54, 1.807) is 0 Å². The molecular formula is C6H5FeNaO7+. The fourth-order valence-corrected chi connectivity index (χ4v) is 0.684. The molecule has 0 aliphatic heterocycles. The Labute approximate surface area is 117 Å². The van der Waals surface area contributed by atoms with Crippen molar-refractivity contribution in [3.63, 3.8) is 0 Å². The fourth-order valence-electron chi connectivity index (χ4n) is 0.684. The van der Waals surface area contributed by atoms with Crippen LogP contribution >= 0.6 is 0 Å². The van der Waals surface area contributed by atoms with E-state index in [-0.39, 0.29) is 46.6 Å². The molecule has 15 heavy (non-hydrogen) atoms. The van der Waals surface area contributed by atoms with Crippen LogP contribution in [0.5, 0.6) is 0 Å². The number of carboxylic acid groups (broad SMARTS) is 3. The van der Waals surface area contributed by atoms with Crippen LogP contribution in [0.15, 0.2) is 0 Å². The summed E-state index contributed by atoms with van der Waals surface area (Å²) in [5, 5.41) is 38.9. The van der Waals surface area contributed by atoms with Crippen molar-refractivity contribution in [1.29, 1.82) is 0 Å². The first-order chi connectivity index (χ1) is 5.78. The first-order valence-corrected chi connectivity index (χ1v) is 3.11. The van der Waals surface area contributed by atoms with Gasteiger partial charge in [-0.2, -0.15) is 0 Å². The van der Waals surface area contributed by atoms with E-state index in [2.05, 4.69) is 0 Å². The summed E-state index contributed by atoms with van der Waals surface area (Å²) in [6.45, 7) is 0. The zero-order chi connectivity index (χ0) is 10.6. The second-order valence-electron chi connectivity index (χ2n) is 2.42. The summed E-state index contributed by atoms with van der Waals surface area (Å²) in [5.74, 6) is -5.98. The largest absolute Gasteiger partial charge is 3.00 e. The van der Waals surface area contributed by atoms with Crippen molar-refractivity contribution >= 4 is 17.9 Å².